The highest BCUT2D eigenvalue weighted by molar-refractivity contribution is 7.98. The van der Waals surface area contributed by atoms with Crippen molar-refractivity contribution in [1.29, 1.82) is 0 Å². The lowest BCUT2D eigenvalue weighted by Gasteiger charge is -2.18. The fraction of sp³-hybridized carbons (Fsp3) is 0.263. The van der Waals surface area contributed by atoms with Gasteiger partial charge in [-0.15, -0.1) is 11.8 Å². The Balaban J connectivity index is 2.02. The van der Waals surface area contributed by atoms with E-state index in [1.807, 2.05) is 30.5 Å². The Morgan fingerprint density at radius 1 is 1.25 bits per heavy atom. The Labute approximate surface area is 169 Å². The van der Waals surface area contributed by atoms with Gasteiger partial charge in [0.2, 0.25) is 10.0 Å². The van der Waals surface area contributed by atoms with Crippen LogP contribution in [0.1, 0.15) is 11.1 Å². The van der Waals surface area contributed by atoms with Gasteiger partial charge in [-0.2, -0.15) is 9.41 Å². The van der Waals surface area contributed by atoms with Crippen LogP contribution in [0.5, 0.6) is 5.75 Å². The average molecular weight is 422 g/mol. The third-order valence-electron chi connectivity index (χ3n) is 3.89. The first-order chi connectivity index (χ1) is 13.3. The van der Waals surface area contributed by atoms with Crippen molar-refractivity contribution in [3.63, 3.8) is 0 Å². The maximum absolute atomic E-state index is 12.8. The molecule has 0 saturated heterocycles. The van der Waals surface area contributed by atoms with E-state index >= 15 is 0 Å². The fourth-order valence-electron chi connectivity index (χ4n) is 2.34. The van der Waals surface area contributed by atoms with Crippen molar-refractivity contribution < 1.29 is 17.9 Å². The van der Waals surface area contributed by atoms with E-state index < -0.39 is 15.9 Å². The van der Waals surface area contributed by atoms with Gasteiger partial charge in [-0.05, 0) is 48.6 Å². The van der Waals surface area contributed by atoms with Crippen LogP contribution in [0, 0.1) is 6.92 Å². The van der Waals surface area contributed by atoms with Gasteiger partial charge in [-0.1, -0.05) is 18.2 Å². The first-order valence-corrected chi connectivity index (χ1v) is 11.0. The number of carbonyl (C=O) groups is 1. The number of hydrazone groups is 1. The number of nitrogens with zero attached hydrogens (tertiary/aromatic N) is 2. The van der Waals surface area contributed by atoms with E-state index in [4.69, 9.17) is 4.74 Å². The number of methoxy groups -OCH3 is 1. The molecule has 1 N–H and O–H groups in total. The Morgan fingerprint density at radius 2 is 1.93 bits per heavy atom. The molecule has 0 unspecified atom stereocenters. The molecule has 150 valence electrons. The minimum absolute atomic E-state index is 0.0164. The van der Waals surface area contributed by atoms with Crippen molar-refractivity contribution in [2.45, 2.75) is 16.7 Å². The first kappa shape index (κ1) is 21.9. The number of benzene rings is 2. The van der Waals surface area contributed by atoms with Crippen LogP contribution in [0.3, 0.4) is 0 Å². The molecule has 0 saturated carbocycles. The van der Waals surface area contributed by atoms with Gasteiger partial charge in [-0.3, -0.25) is 4.79 Å². The highest BCUT2D eigenvalue weighted by Gasteiger charge is 2.26. The molecule has 0 aliphatic carbocycles. The summed E-state index contributed by atoms with van der Waals surface area (Å²) >= 11 is 1.63. The Hall–Kier alpha value is -2.36. The number of thioether (sulfide) groups is 1. The monoisotopic (exact) mass is 421 g/mol. The quantitative estimate of drug-likeness (QED) is 0.402. The maximum atomic E-state index is 12.8. The summed E-state index contributed by atoms with van der Waals surface area (Å²) in [4.78, 5) is 13.2. The Morgan fingerprint density at radius 3 is 2.54 bits per heavy atom. The zero-order valence-corrected chi connectivity index (χ0v) is 17.8. The standard InChI is InChI=1S/C19H23N3O4S2/c1-14-5-10-17(26-3)18(11-14)28(24,25)22(2)13-19(23)21-20-12-15-6-8-16(27-4)9-7-15/h5-12H,13H2,1-4H3,(H,21,23)/b20-12-. The molecule has 2 aromatic carbocycles. The van der Waals surface area contributed by atoms with Crippen molar-refractivity contribution in [3.05, 3.63) is 53.6 Å². The summed E-state index contributed by atoms with van der Waals surface area (Å²) in [6.07, 6.45) is 3.49. The summed E-state index contributed by atoms with van der Waals surface area (Å²) in [5, 5.41) is 3.88. The number of nitrogens with one attached hydrogen (secondary N) is 1. The van der Waals surface area contributed by atoms with E-state index in [0.717, 1.165) is 20.3 Å². The van der Waals surface area contributed by atoms with Crippen molar-refractivity contribution in [3.8, 4) is 5.75 Å². The predicted molar refractivity (Wildman–Crippen MR) is 112 cm³/mol. The number of ether oxygens (including phenoxy) is 1. The van der Waals surface area contributed by atoms with Gasteiger partial charge in [-0.25, -0.2) is 13.8 Å². The SMILES string of the molecule is COc1ccc(C)cc1S(=O)(=O)N(C)CC(=O)N/N=C\c1ccc(SC)cc1. The molecular formula is C19H23N3O4S2. The molecule has 0 atom stereocenters. The van der Waals surface area contributed by atoms with Crippen LogP contribution in [-0.2, 0) is 14.8 Å². The summed E-state index contributed by atoms with van der Waals surface area (Å²) in [6.45, 7) is 1.41. The summed E-state index contributed by atoms with van der Waals surface area (Å²) < 4.78 is 31.7. The summed E-state index contributed by atoms with van der Waals surface area (Å²) in [7, 11) is -1.16. The zero-order valence-electron chi connectivity index (χ0n) is 16.2. The van der Waals surface area contributed by atoms with Gasteiger partial charge < -0.3 is 4.74 Å². The number of likely N-dealkylation sites (N-methyl/N-ethyl adjacent to an activating group) is 1. The van der Waals surface area contributed by atoms with Crippen molar-refractivity contribution in [2.75, 3.05) is 27.0 Å². The molecule has 1 amide bonds. The molecule has 9 heteroatoms. The number of hydrogen-bond acceptors (Lipinski definition) is 6. The molecule has 0 aliphatic heterocycles. The van der Waals surface area contributed by atoms with Crippen molar-refractivity contribution >= 4 is 33.9 Å². The predicted octanol–water partition coefficient (Wildman–Crippen LogP) is 2.50. The minimum Gasteiger partial charge on any atom is -0.495 e. The second kappa shape index (κ2) is 9.72. The zero-order chi connectivity index (χ0) is 20.7. The molecular weight excluding hydrogens is 398 g/mol. The van der Waals surface area contributed by atoms with Crippen molar-refractivity contribution in [1.82, 2.24) is 9.73 Å². The topological polar surface area (TPSA) is 88.1 Å². The maximum Gasteiger partial charge on any atom is 0.255 e. The highest BCUT2D eigenvalue weighted by atomic mass is 32.2. The summed E-state index contributed by atoms with van der Waals surface area (Å²) in [5.74, 6) is -0.320. The number of carbonyl (C=O) groups excluding carboxylic acids is 1. The molecule has 0 aromatic heterocycles. The van der Waals surface area contributed by atoms with Gasteiger partial charge in [0, 0.05) is 11.9 Å². The molecule has 0 fully saturated rings. The van der Waals surface area contributed by atoms with Crippen LogP contribution in [0.4, 0.5) is 0 Å². The van der Waals surface area contributed by atoms with Gasteiger partial charge in [0.05, 0.1) is 19.9 Å². The highest BCUT2D eigenvalue weighted by Crippen LogP contribution is 2.27. The smallest absolute Gasteiger partial charge is 0.255 e. The molecule has 7 nitrogen and oxygen atoms in total. The molecule has 28 heavy (non-hydrogen) atoms. The lowest BCUT2D eigenvalue weighted by molar-refractivity contribution is -0.121. The van der Waals surface area contributed by atoms with Gasteiger partial charge in [0.1, 0.15) is 10.6 Å². The van der Waals surface area contributed by atoms with Crippen LogP contribution >= 0.6 is 11.8 Å². The number of hydrogen-bond donors (Lipinski definition) is 1. The average Bonchev–Trinajstić information content (AvgIpc) is 2.68. The lowest BCUT2D eigenvalue weighted by Crippen LogP contribution is -2.36. The van der Waals surface area contributed by atoms with E-state index in [9.17, 15) is 13.2 Å². The number of aryl methyl sites for hydroxylation is 1. The Kier molecular flexibility index (Phi) is 7.61. The van der Waals surface area contributed by atoms with E-state index in [1.165, 1.54) is 26.4 Å². The van der Waals surface area contributed by atoms with Crippen LogP contribution < -0.4 is 10.2 Å². The van der Waals surface area contributed by atoms with Crippen LogP contribution in [0.15, 0.2) is 57.4 Å². The Bertz CT molecular complexity index is 958. The number of amides is 1. The fourth-order valence-corrected chi connectivity index (χ4v) is 4.12. The molecule has 0 radical (unpaired) electrons. The van der Waals surface area contributed by atoms with E-state index in [2.05, 4.69) is 10.5 Å². The van der Waals surface area contributed by atoms with Crippen LogP contribution in [-0.4, -0.2) is 51.8 Å². The van der Waals surface area contributed by atoms with Gasteiger partial charge in [0.15, 0.2) is 0 Å². The van der Waals surface area contributed by atoms with E-state index in [0.29, 0.717) is 0 Å². The molecule has 0 bridgehead atoms. The van der Waals surface area contributed by atoms with E-state index in [1.54, 1.807) is 30.8 Å². The largest absolute Gasteiger partial charge is 0.495 e. The number of sulfonamides is 1. The molecule has 2 aromatic rings. The second-order valence-electron chi connectivity index (χ2n) is 5.98. The van der Waals surface area contributed by atoms with E-state index in [-0.39, 0.29) is 17.2 Å². The normalized spacial score (nSPS) is 11.8. The minimum atomic E-state index is -3.89. The summed E-state index contributed by atoms with van der Waals surface area (Å²) in [6, 6.07) is 12.5. The first-order valence-electron chi connectivity index (χ1n) is 8.35. The number of rotatable bonds is 8. The van der Waals surface area contributed by atoms with Gasteiger partial charge >= 0.3 is 0 Å². The lowest BCUT2D eigenvalue weighted by atomic mass is 10.2. The summed E-state index contributed by atoms with van der Waals surface area (Å²) in [5.41, 5.74) is 3.94. The molecule has 0 aliphatic rings. The van der Waals surface area contributed by atoms with Gasteiger partial charge in [0.25, 0.3) is 5.91 Å². The van der Waals surface area contributed by atoms with Crippen molar-refractivity contribution in [2.24, 2.45) is 5.10 Å². The van der Waals surface area contributed by atoms with Crippen LogP contribution in [0.25, 0.3) is 0 Å². The second-order valence-corrected chi connectivity index (χ2v) is 8.87. The molecule has 2 rings (SSSR count). The third-order valence-corrected chi connectivity index (χ3v) is 6.46. The molecule has 0 heterocycles. The molecule has 0 spiro atoms. The van der Waals surface area contributed by atoms with Crippen LogP contribution in [0.2, 0.25) is 0 Å². The third kappa shape index (κ3) is 5.57.